The van der Waals surface area contributed by atoms with E-state index >= 15 is 0 Å². The molecule has 3 nitrogen and oxygen atoms in total. The van der Waals surface area contributed by atoms with Gasteiger partial charge in [-0.05, 0) is 24.3 Å². The minimum absolute atomic E-state index is 0.299. The van der Waals surface area contributed by atoms with Crippen molar-refractivity contribution in [3.05, 3.63) is 60.0 Å². The first-order valence-corrected chi connectivity index (χ1v) is 5.42. The predicted octanol–water partition coefficient (Wildman–Crippen LogP) is 3.04. The fourth-order valence-corrected chi connectivity index (χ4v) is 1.91. The molecule has 0 N–H and O–H groups in total. The molecule has 18 heavy (non-hydrogen) atoms. The molecule has 0 aliphatic rings. The molecule has 3 rings (SSSR count). The summed E-state index contributed by atoms with van der Waals surface area (Å²) in [4.78, 5) is 0. The van der Waals surface area contributed by atoms with Crippen LogP contribution in [0, 0.1) is 17.1 Å². The first-order valence-electron chi connectivity index (χ1n) is 5.42. The van der Waals surface area contributed by atoms with Gasteiger partial charge in [-0.15, -0.1) is 0 Å². The van der Waals surface area contributed by atoms with Gasteiger partial charge in [0.1, 0.15) is 11.5 Å². The average molecular weight is 237 g/mol. The van der Waals surface area contributed by atoms with E-state index in [9.17, 15) is 4.39 Å². The average Bonchev–Trinajstić information content (AvgIpc) is 2.82. The standard InChI is InChI=1S/C14H8FN3/c15-12-7-10(8-16)5-6-14(12)18-13-4-2-1-3-11(13)9-17-18/h1-7,9H. The number of nitrogens with zero attached hydrogens (tertiary/aromatic N) is 3. The Balaban J connectivity index is 2.24. The molecule has 2 aromatic carbocycles. The molecule has 0 fully saturated rings. The third-order valence-corrected chi connectivity index (χ3v) is 2.78. The van der Waals surface area contributed by atoms with Gasteiger partial charge < -0.3 is 0 Å². The summed E-state index contributed by atoms with van der Waals surface area (Å²) in [5.74, 6) is -0.456. The van der Waals surface area contributed by atoms with Crippen molar-refractivity contribution >= 4 is 10.9 Å². The summed E-state index contributed by atoms with van der Waals surface area (Å²) in [6, 6.07) is 13.8. The summed E-state index contributed by atoms with van der Waals surface area (Å²) in [6.07, 6.45) is 1.69. The Morgan fingerprint density at radius 1 is 1.17 bits per heavy atom. The second-order valence-corrected chi connectivity index (χ2v) is 3.89. The van der Waals surface area contributed by atoms with Crippen LogP contribution in [0.5, 0.6) is 0 Å². The molecular weight excluding hydrogens is 229 g/mol. The quantitative estimate of drug-likeness (QED) is 0.652. The van der Waals surface area contributed by atoms with E-state index < -0.39 is 5.82 Å². The third kappa shape index (κ3) is 1.54. The number of aromatic nitrogens is 2. The molecule has 1 heterocycles. The molecule has 4 heteroatoms. The van der Waals surface area contributed by atoms with Crippen LogP contribution in [-0.4, -0.2) is 9.78 Å². The highest BCUT2D eigenvalue weighted by Gasteiger charge is 2.09. The Hall–Kier alpha value is -2.67. The third-order valence-electron chi connectivity index (χ3n) is 2.78. The van der Waals surface area contributed by atoms with Crippen LogP contribution < -0.4 is 0 Å². The van der Waals surface area contributed by atoms with E-state index in [0.29, 0.717) is 11.3 Å². The molecule has 0 aliphatic heterocycles. The van der Waals surface area contributed by atoms with E-state index in [0.717, 1.165) is 10.9 Å². The zero-order valence-electron chi connectivity index (χ0n) is 9.34. The van der Waals surface area contributed by atoms with Crippen LogP contribution >= 0.6 is 0 Å². The zero-order chi connectivity index (χ0) is 12.5. The molecule has 0 radical (unpaired) electrons. The van der Waals surface area contributed by atoms with Gasteiger partial charge in [0.25, 0.3) is 0 Å². The van der Waals surface area contributed by atoms with Crippen LogP contribution in [0.4, 0.5) is 4.39 Å². The number of para-hydroxylation sites is 1. The number of hydrogen-bond acceptors (Lipinski definition) is 2. The first-order chi connectivity index (χ1) is 8.79. The zero-order valence-corrected chi connectivity index (χ0v) is 9.34. The van der Waals surface area contributed by atoms with Crippen LogP contribution in [0.15, 0.2) is 48.7 Å². The highest BCUT2D eigenvalue weighted by atomic mass is 19.1. The van der Waals surface area contributed by atoms with Crippen molar-refractivity contribution in [1.29, 1.82) is 5.26 Å². The highest BCUT2D eigenvalue weighted by molar-refractivity contribution is 5.80. The maximum absolute atomic E-state index is 13.9. The topological polar surface area (TPSA) is 41.6 Å². The number of hydrogen-bond donors (Lipinski definition) is 0. The largest absolute Gasteiger partial charge is 0.230 e. The van der Waals surface area contributed by atoms with Crippen molar-refractivity contribution in [3.63, 3.8) is 0 Å². The Labute approximate surface area is 103 Å². The molecule has 0 bridgehead atoms. The van der Waals surface area contributed by atoms with Crippen molar-refractivity contribution < 1.29 is 4.39 Å². The van der Waals surface area contributed by atoms with Gasteiger partial charge in [-0.3, -0.25) is 0 Å². The number of rotatable bonds is 1. The second-order valence-electron chi connectivity index (χ2n) is 3.89. The molecule has 0 spiro atoms. The minimum Gasteiger partial charge on any atom is -0.230 e. The molecule has 0 saturated heterocycles. The lowest BCUT2D eigenvalue weighted by Gasteiger charge is -2.05. The van der Waals surface area contributed by atoms with E-state index in [1.807, 2.05) is 30.3 Å². The van der Waals surface area contributed by atoms with Crippen molar-refractivity contribution in [2.45, 2.75) is 0 Å². The molecule has 0 aliphatic carbocycles. The van der Waals surface area contributed by atoms with E-state index in [4.69, 9.17) is 5.26 Å². The summed E-state index contributed by atoms with van der Waals surface area (Å²) in [5.41, 5.74) is 1.48. The van der Waals surface area contributed by atoms with E-state index in [-0.39, 0.29) is 0 Å². The van der Waals surface area contributed by atoms with Crippen LogP contribution in [0.2, 0.25) is 0 Å². The fraction of sp³-hybridized carbons (Fsp3) is 0. The van der Waals surface area contributed by atoms with Crippen molar-refractivity contribution in [2.75, 3.05) is 0 Å². The molecule has 0 amide bonds. The summed E-state index contributed by atoms with van der Waals surface area (Å²) < 4.78 is 15.4. The Kier molecular flexibility index (Phi) is 2.31. The van der Waals surface area contributed by atoms with Gasteiger partial charge in [-0.25, -0.2) is 9.07 Å². The van der Waals surface area contributed by atoms with Gasteiger partial charge >= 0.3 is 0 Å². The summed E-state index contributed by atoms with van der Waals surface area (Å²) in [6.45, 7) is 0. The second kappa shape index (κ2) is 3.97. The maximum atomic E-state index is 13.9. The van der Waals surface area contributed by atoms with Crippen molar-refractivity contribution in [2.24, 2.45) is 0 Å². The Bertz CT molecular complexity index is 768. The van der Waals surface area contributed by atoms with Crippen molar-refractivity contribution in [3.8, 4) is 11.8 Å². The summed E-state index contributed by atoms with van der Waals surface area (Å²) in [7, 11) is 0. The number of nitriles is 1. The highest BCUT2D eigenvalue weighted by Crippen LogP contribution is 2.20. The normalized spacial score (nSPS) is 10.4. The van der Waals surface area contributed by atoms with Gasteiger partial charge in [0.05, 0.1) is 23.3 Å². The molecule has 3 aromatic rings. The molecule has 0 unspecified atom stereocenters. The molecule has 0 saturated carbocycles. The lowest BCUT2D eigenvalue weighted by molar-refractivity contribution is 0.612. The summed E-state index contributed by atoms with van der Waals surface area (Å²) >= 11 is 0. The van der Waals surface area contributed by atoms with Gasteiger partial charge in [0.15, 0.2) is 0 Å². The van der Waals surface area contributed by atoms with Crippen molar-refractivity contribution in [1.82, 2.24) is 9.78 Å². The van der Waals surface area contributed by atoms with Gasteiger partial charge in [0, 0.05) is 5.39 Å². The van der Waals surface area contributed by atoms with Crippen LogP contribution in [0.3, 0.4) is 0 Å². The Morgan fingerprint density at radius 2 is 2.00 bits per heavy atom. The lowest BCUT2D eigenvalue weighted by Crippen LogP contribution is -1.99. The monoisotopic (exact) mass is 237 g/mol. The Morgan fingerprint density at radius 3 is 2.78 bits per heavy atom. The lowest BCUT2D eigenvalue weighted by atomic mass is 10.2. The minimum atomic E-state index is -0.456. The van der Waals surface area contributed by atoms with Gasteiger partial charge in [-0.1, -0.05) is 18.2 Å². The van der Waals surface area contributed by atoms with E-state index in [1.54, 1.807) is 18.3 Å². The number of halogens is 1. The summed E-state index contributed by atoms with van der Waals surface area (Å²) in [5, 5.41) is 13.8. The first kappa shape index (κ1) is 10.5. The fourth-order valence-electron chi connectivity index (χ4n) is 1.91. The SMILES string of the molecule is N#Cc1ccc(-n2ncc3ccccc32)c(F)c1. The van der Waals surface area contributed by atoms with E-state index in [1.165, 1.54) is 10.7 Å². The molecule has 86 valence electrons. The van der Waals surface area contributed by atoms with Crippen LogP contribution in [0.25, 0.3) is 16.6 Å². The van der Waals surface area contributed by atoms with Gasteiger partial charge in [-0.2, -0.15) is 10.4 Å². The molecule has 0 atom stereocenters. The number of fused-ring (bicyclic) bond motifs is 1. The van der Waals surface area contributed by atoms with Crippen LogP contribution in [0.1, 0.15) is 5.56 Å². The van der Waals surface area contributed by atoms with E-state index in [2.05, 4.69) is 5.10 Å². The maximum Gasteiger partial charge on any atom is 0.150 e. The van der Waals surface area contributed by atoms with Gasteiger partial charge in [0.2, 0.25) is 0 Å². The van der Waals surface area contributed by atoms with Crippen LogP contribution in [-0.2, 0) is 0 Å². The molecular formula is C14H8FN3. The number of benzene rings is 2. The smallest absolute Gasteiger partial charge is 0.150 e. The predicted molar refractivity (Wildman–Crippen MR) is 65.7 cm³/mol. The molecule has 1 aromatic heterocycles.